The van der Waals surface area contributed by atoms with E-state index >= 15 is 0 Å². The van der Waals surface area contributed by atoms with Crippen LogP contribution >= 0.6 is 0 Å². The fraction of sp³-hybridized carbons (Fsp3) is 0.704. The highest BCUT2D eigenvalue weighted by Gasteiger charge is 2.48. The minimum absolute atomic E-state index is 0.463. The first kappa shape index (κ1) is 21.5. The molecule has 3 aliphatic carbocycles. The predicted octanol–water partition coefficient (Wildman–Crippen LogP) is 8.37. The largest absolute Gasteiger partial charge is 0.490 e. The van der Waals surface area contributed by atoms with Crippen LogP contribution in [0.5, 0.6) is 5.75 Å². The molecule has 3 saturated carbocycles. The minimum Gasteiger partial charge on any atom is -0.490 e. The van der Waals surface area contributed by atoms with E-state index in [0.29, 0.717) is 17.4 Å². The van der Waals surface area contributed by atoms with Crippen LogP contribution in [0.4, 0.5) is 0 Å². The van der Waals surface area contributed by atoms with Crippen LogP contribution in [0.15, 0.2) is 36.4 Å². The predicted molar refractivity (Wildman–Crippen MR) is 121 cm³/mol. The molecule has 0 N–H and O–H groups in total. The molecule has 0 amide bonds. The van der Waals surface area contributed by atoms with Crippen molar-refractivity contribution in [1.82, 2.24) is 0 Å². The molecule has 1 nitrogen and oxygen atoms in total. The number of ether oxygens (including phenoxy) is 1. The first-order chi connectivity index (χ1) is 13.7. The van der Waals surface area contributed by atoms with Gasteiger partial charge < -0.3 is 4.74 Å². The van der Waals surface area contributed by atoms with Crippen LogP contribution in [0.25, 0.3) is 0 Å². The molecule has 0 aliphatic heterocycles. The maximum absolute atomic E-state index is 5.92. The van der Waals surface area contributed by atoms with Crippen molar-refractivity contribution in [3.63, 3.8) is 0 Å². The lowest BCUT2D eigenvalue weighted by Crippen LogP contribution is -2.44. The Morgan fingerprint density at radius 2 is 1.43 bits per heavy atom. The van der Waals surface area contributed by atoms with Crippen LogP contribution in [0.1, 0.15) is 109 Å². The summed E-state index contributed by atoms with van der Waals surface area (Å²) in [6, 6.07) is 9.12. The summed E-state index contributed by atoms with van der Waals surface area (Å²) in [5.74, 6) is 1.01. The lowest BCUT2D eigenvalue weighted by Gasteiger charge is -2.54. The Hall–Kier alpha value is -1.24. The number of fused-ring (bicyclic) bond motifs is 3. The van der Waals surface area contributed by atoms with Crippen molar-refractivity contribution in [1.29, 1.82) is 0 Å². The van der Waals surface area contributed by atoms with Gasteiger partial charge in [-0.05, 0) is 86.3 Å². The Balaban J connectivity index is 1.47. The van der Waals surface area contributed by atoms with Crippen molar-refractivity contribution in [2.45, 2.75) is 109 Å². The zero-order valence-electron chi connectivity index (χ0n) is 18.5. The summed E-state index contributed by atoms with van der Waals surface area (Å²) in [4.78, 5) is 0. The number of rotatable bonds is 12. The van der Waals surface area contributed by atoms with Gasteiger partial charge in [0.15, 0.2) is 0 Å². The summed E-state index contributed by atoms with van der Waals surface area (Å²) in [5.41, 5.74) is 2.73. The second-order valence-electron chi connectivity index (χ2n) is 9.54. The van der Waals surface area contributed by atoms with Crippen LogP contribution in [0.3, 0.4) is 0 Å². The molecule has 28 heavy (non-hydrogen) atoms. The molecule has 0 unspecified atom stereocenters. The number of hydrogen-bond donors (Lipinski definition) is 0. The Kier molecular flexibility index (Phi) is 8.06. The quantitative estimate of drug-likeness (QED) is 0.260. The summed E-state index contributed by atoms with van der Waals surface area (Å²) in [7, 11) is 0. The van der Waals surface area contributed by atoms with Crippen LogP contribution < -0.4 is 4.74 Å². The van der Waals surface area contributed by atoms with Gasteiger partial charge in [-0.3, -0.25) is 0 Å². The van der Waals surface area contributed by atoms with Crippen LogP contribution in [-0.2, 0) is 5.41 Å². The maximum atomic E-state index is 5.92. The number of allylic oxidation sites excluding steroid dienone is 1. The molecule has 0 radical (unpaired) electrons. The molecular formula is C27H42O. The molecular weight excluding hydrogens is 340 g/mol. The number of unbranched alkanes of at least 4 members (excludes halogenated alkanes) is 5. The fourth-order valence-electron chi connectivity index (χ4n) is 5.57. The molecule has 0 saturated heterocycles. The second-order valence-corrected chi connectivity index (χ2v) is 9.54. The molecule has 1 heteroatoms. The first-order valence-electron chi connectivity index (χ1n) is 12.1. The van der Waals surface area contributed by atoms with Crippen molar-refractivity contribution in [2.75, 3.05) is 6.61 Å². The molecule has 3 fully saturated rings. The SMILES string of the molecule is CCCCC/C=C/COc1ccc(C23CCC(CCCCC)(CC2)CC3)cc1. The van der Waals surface area contributed by atoms with E-state index in [-0.39, 0.29) is 0 Å². The molecule has 156 valence electrons. The van der Waals surface area contributed by atoms with Crippen molar-refractivity contribution in [2.24, 2.45) is 5.41 Å². The summed E-state index contributed by atoms with van der Waals surface area (Å²) in [6.07, 6.45) is 23.8. The number of benzene rings is 1. The van der Waals surface area contributed by atoms with Crippen molar-refractivity contribution < 1.29 is 4.74 Å². The Bertz CT molecular complexity index is 573. The van der Waals surface area contributed by atoms with E-state index in [4.69, 9.17) is 4.74 Å². The second kappa shape index (κ2) is 10.5. The van der Waals surface area contributed by atoms with Crippen LogP contribution in [-0.4, -0.2) is 6.61 Å². The number of hydrogen-bond acceptors (Lipinski definition) is 1. The topological polar surface area (TPSA) is 9.23 Å². The molecule has 3 aliphatic rings. The highest BCUT2D eigenvalue weighted by atomic mass is 16.5. The third-order valence-electron chi connectivity index (χ3n) is 7.67. The van der Waals surface area contributed by atoms with Crippen molar-refractivity contribution in [3.8, 4) is 5.75 Å². The summed E-state index contributed by atoms with van der Waals surface area (Å²) < 4.78 is 5.92. The maximum Gasteiger partial charge on any atom is 0.119 e. The summed E-state index contributed by atoms with van der Waals surface area (Å²) in [5, 5.41) is 0. The summed E-state index contributed by atoms with van der Waals surface area (Å²) >= 11 is 0. The minimum atomic E-state index is 0.463. The van der Waals surface area contributed by atoms with E-state index in [1.54, 1.807) is 5.56 Å². The van der Waals surface area contributed by atoms with Gasteiger partial charge in [-0.15, -0.1) is 0 Å². The van der Waals surface area contributed by atoms with Crippen LogP contribution in [0, 0.1) is 5.41 Å². The van der Waals surface area contributed by atoms with E-state index in [1.807, 2.05) is 0 Å². The van der Waals surface area contributed by atoms with E-state index in [9.17, 15) is 0 Å². The standard InChI is InChI=1S/C27H42O/c1-3-5-7-8-9-11-23-28-25-14-12-24(13-15-25)27-20-17-26(18-21-27,19-22-27)16-10-6-4-2/h9,11-15H,3-8,10,16-23H2,1-2H3/b11-9+. The third-order valence-corrected chi connectivity index (χ3v) is 7.67. The Labute approximate surface area is 174 Å². The molecule has 1 aromatic rings. The Morgan fingerprint density at radius 3 is 2.07 bits per heavy atom. The highest BCUT2D eigenvalue weighted by Crippen LogP contribution is 2.59. The van der Waals surface area contributed by atoms with Crippen molar-refractivity contribution >= 4 is 0 Å². The van der Waals surface area contributed by atoms with E-state index in [1.165, 1.54) is 89.9 Å². The molecule has 1 aromatic carbocycles. The normalized spacial score (nSPS) is 26.8. The van der Waals surface area contributed by atoms with Gasteiger partial charge in [0.05, 0.1) is 0 Å². The van der Waals surface area contributed by atoms with E-state index in [0.717, 1.165) is 5.75 Å². The zero-order chi connectivity index (χ0) is 19.7. The smallest absolute Gasteiger partial charge is 0.119 e. The lowest BCUT2D eigenvalue weighted by molar-refractivity contribution is 0.0305. The Morgan fingerprint density at radius 1 is 0.786 bits per heavy atom. The average Bonchev–Trinajstić information content (AvgIpc) is 2.75. The first-order valence-corrected chi connectivity index (χ1v) is 12.1. The highest BCUT2D eigenvalue weighted by molar-refractivity contribution is 5.34. The van der Waals surface area contributed by atoms with Gasteiger partial charge in [-0.25, -0.2) is 0 Å². The van der Waals surface area contributed by atoms with Crippen molar-refractivity contribution in [3.05, 3.63) is 42.0 Å². The van der Waals surface area contributed by atoms with Gasteiger partial charge in [-0.2, -0.15) is 0 Å². The van der Waals surface area contributed by atoms with Gasteiger partial charge in [0.25, 0.3) is 0 Å². The molecule has 0 heterocycles. The molecule has 2 bridgehead atoms. The van der Waals surface area contributed by atoms with Gasteiger partial charge in [-0.1, -0.05) is 70.2 Å². The molecule has 0 spiro atoms. The molecule has 0 aromatic heterocycles. The van der Waals surface area contributed by atoms with Gasteiger partial charge >= 0.3 is 0 Å². The average molecular weight is 383 g/mol. The van der Waals surface area contributed by atoms with E-state index < -0.39 is 0 Å². The monoisotopic (exact) mass is 382 g/mol. The molecule has 0 atom stereocenters. The van der Waals surface area contributed by atoms with Crippen LogP contribution in [0.2, 0.25) is 0 Å². The zero-order valence-corrected chi connectivity index (χ0v) is 18.5. The fourth-order valence-corrected chi connectivity index (χ4v) is 5.57. The van der Waals surface area contributed by atoms with Gasteiger partial charge in [0, 0.05) is 0 Å². The third kappa shape index (κ3) is 5.43. The van der Waals surface area contributed by atoms with Gasteiger partial charge in [0.2, 0.25) is 0 Å². The van der Waals surface area contributed by atoms with Gasteiger partial charge in [0.1, 0.15) is 12.4 Å². The summed E-state index contributed by atoms with van der Waals surface area (Å²) in [6.45, 7) is 5.26. The lowest BCUT2D eigenvalue weighted by atomic mass is 9.51. The van der Waals surface area contributed by atoms with E-state index in [2.05, 4.69) is 50.3 Å². The molecule has 4 rings (SSSR count).